The van der Waals surface area contributed by atoms with E-state index >= 15 is 0 Å². The molecule has 1 aromatic carbocycles. The van der Waals surface area contributed by atoms with E-state index in [2.05, 4.69) is 4.98 Å². The molecule has 0 aliphatic rings. The molecule has 0 bridgehead atoms. The molecule has 2 N–H and O–H groups in total. The minimum Gasteiger partial charge on any atom is -0.338 e. The maximum absolute atomic E-state index is 13.3. The third kappa shape index (κ3) is 2.48. The lowest BCUT2D eigenvalue weighted by molar-refractivity contribution is 0.613. The molecule has 17 heavy (non-hydrogen) atoms. The van der Waals surface area contributed by atoms with Crippen LogP contribution in [0.3, 0.4) is 0 Å². The highest BCUT2D eigenvalue weighted by atomic mass is 35.5. The molecule has 0 spiro atoms. The van der Waals surface area contributed by atoms with E-state index < -0.39 is 5.82 Å². The topological polar surface area (TPSA) is 43.8 Å². The van der Waals surface area contributed by atoms with Crippen LogP contribution in [0.25, 0.3) is 0 Å². The van der Waals surface area contributed by atoms with E-state index in [4.69, 9.17) is 17.3 Å². The maximum atomic E-state index is 13.3. The molecule has 5 heteroatoms. The Morgan fingerprint density at radius 2 is 2.29 bits per heavy atom. The number of aromatic nitrogens is 2. The van der Waals surface area contributed by atoms with E-state index in [1.54, 1.807) is 18.3 Å². The molecule has 0 radical (unpaired) electrons. The van der Waals surface area contributed by atoms with Crippen LogP contribution in [0, 0.1) is 5.82 Å². The first kappa shape index (κ1) is 12.1. The first-order valence-corrected chi connectivity index (χ1v) is 5.63. The Morgan fingerprint density at radius 1 is 1.53 bits per heavy atom. The average molecular weight is 254 g/mol. The summed E-state index contributed by atoms with van der Waals surface area (Å²) < 4.78 is 15.2. The molecule has 2 aromatic rings. The SMILES string of the molecule is Cn1ccnc1CC(N)c1cccc(F)c1Cl. The van der Waals surface area contributed by atoms with Gasteiger partial charge in [0.15, 0.2) is 0 Å². The first-order valence-electron chi connectivity index (χ1n) is 5.25. The van der Waals surface area contributed by atoms with Crippen molar-refractivity contribution < 1.29 is 4.39 Å². The van der Waals surface area contributed by atoms with E-state index in [9.17, 15) is 4.39 Å². The maximum Gasteiger partial charge on any atom is 0.142 e. The Bertz CT molecular complexity index is 524. The molecule has 0 saturated heterocycles. The van der Waals surface area contributed by atoms with Gasteiger partial charge in [-0.25, -0.2) is 9.37 Å². The first-order chi connectivity index (χ1) is 8.09. The Balaban J connectivity index is 2.23. The van der Waals surface area contributed by atoms with Crippen LogP contribution in [0.15, 0.2) is 30.6 Å². The number of rotatable bonds is 3. The van der Waals surface area contributed by atoms with Gasteiger partial charge < -0.3 is 10.3 Å². The van der Waals surface area contributed by atoms with Gasteiger partial charge in [-0.05, 0) is 11.6 Å². The molecule has 0 fully saturated rings. The zero-order chi connectivity index (χ0) is 12.4. The van der Waals surface area contributed by atoms with Gasteiger partial charge in [-0.3, -0.25) is 0 Å². The van der Waals surface area contributed by atoms with Crippen LogP contribution in [0.1, 0.15) is 17.4 Å². The van der Waals surface area contributed by atoms with Crippen molar-refractivity contribution in [3.63, 3.8) is 0 Å². The normalized spacial score (nSPS) is 12.7. The van der Waals surface area contributed by atoms with Crippen LogP contribution >= 0.6 is 11.6 Å². The zero-order valence-corrected chi connectivity index (χ0v) is 10.2. The number of aryl methyl sites for hydroxylation is 1. The summed E-state index contributed by atoms with van der Waals surface area (Å²) in [6.07, 6.45) is 4.07. The second kappa shape index (κ2) is 4.85. The van der Waals surface area contributed by atoms with Gasteiger partial charge in [0.1, 0.15) is 11.6 Å². The van der Waals surface area contributed by atoms with E-state index in [-0.39, 0.29) is 11.1 Å². The Kier molecular flexibility index (Phi) is 3.45. The zero-order valence-electron chi connectivity index (χ0n) is 9.40. The van der Waals surface area contributed by atoms with Gasteiger partial charge in [-0.1, -0.05) is 23.7 Å². The second-order valence-corrected chi connectivity index (χ2v) is 4.29. The van der Waals surface area contributed by atoms with Crippen LogP contribution in [0.4, 0.5) is 4.39 Å². The Labute approximate surface area is 104 Å². The fourth-order valence-electron chi connectivity index (χ4n) is 1.71. The lowest BCUT2D eigenvalue weighted by atomic mass is 10.0. The minimum absolute atomic E-state index is 0.0919. The lowest BCUT2D eigenvalue weighted by Crippen LogP contribution is -2.16. The summed E-state index contributed by atoms with van der Waals surface area (Å²) >= 11 is 5.89. The summed E-state index contributed by atoms with van der Waals surface area (Å²) in [5, 5.41) is 0.0919. The Hall–Kier alpha value is -1.39. The number of hydrogen-bond donors (Lipinski definition) is 1. The van der Waals surface area contributed by atoms with Crippen LogP contribution in [0.5, 0.6) is 0 Å². The van der Waals surface area contributed by atoms with Crippen molar-refractivity contribution in [3.05, 3.63) is 52.8 Å². The Morgan fingerprint density at radius 3 is 2.94 bits per heavy atom. The van der Waals surface area contributed by atoms with Gasteiger partial charge in [0.25, 0.3) is 0 Å². The largest absolute Gasteiger partial charge is 0.338 e. The number of hydrogen-bond acceptors (Lipinski definition) is 2. The number of nitrogens with two attached hydrogens (primary N) is 1. The third-order valence-corrected chi connectivity index (χ3v) is 3.10. The fourth-order valence-corrected chi connectivity index (χ4v) is 1.97. The van der Waals surface area contributed by atoms with Gasteiger partial charge in [0.05, 0.1) is 5.02 Å². The van der Waals surface area contributed by atoms with Crippen molar-refractivity contribution in [2.45, 2.75) is 12.5 Å². The molecule has 1 heterocycles. The average Bonchev–Trinajstić information content (AvgIpc) is 2.68. The third-order valence-electron chi connectivity index (χ3n) is 2.70. The molecular weight excluding hydrogens is 241 g/mol. The molecule has 0 aliphatic carbocycles. The van der Waals surface area contributed by atoms with Crippen molar-refractivity contribution >= 4 is 11.6 Å². The number of imidazole rings is 1. The van der Waals surface area contributed by atoms with Crippen LogP contribution < -0.4 is 5.73 Å². The predicted octanol–water partition coefficient (Wildman–Crippen LogP) is 2.46. The monoisotopic (exact) mass is 253 g/mol. The lowest BCUT2D eigenvalue weighted by Gasteiger charge is -2.13. The standard InChI is InChI=1S/C12H13ClFN3/c1-17-6-5-16-11(17)7-10(15)8-3-2-4-9(14)12(8)13/h2-6,10H,7,15H2,1H3. The molecule has 90 valence electrons. The highest BCUT2D eigenvalue weighted by Crippen LogP contribution is 2.25. The van der Waals surface area contributed by atoms with E-state index in [0.29, 0.717) is 12.0 Å². The molecule has 1 aromatic heterocycles. The van der Waals surface area contributed by atoms with Gasteiger partial charge in [-0.2, -0.15) is 0 Å². The highest BCUT2D eigenvalue weighted by Gasteiger charge is 2.15. The molecule has 1 atom stereocenters. The summed E-state index contributed by atoms with van der Waals surface area (Å²) in [6.45, 7) is 0. The van der Waals surface area contributed by atoms with Crippen molar-refractivity contribution in [2.24, 2.45) is 12.8 Å². The molecule has 2 rings (SSSR count). The highest BCUT2D eigenvalue weighted by molar-refractivity contribution is 6.31. The molecule has 0 saturated carbocycles. The van der Waals surface area contributed by atoms with Crippen LogP contribution in [-0.2, 0) is 13.5 Å². The molecule has 3 nitrogen and oxygen atoms in total. The van der Waals surface area contributed by atoms with Gasteiger partial charge >= 0.3 is 0 Å². The summed E-state index contributed by atoms with van der Waals surface area (Å²) in [4.78, 5) is 4.18. The number of benzene rings is 1. The molecule has 0 amide bonds. The molecule has 0 aliphatic heterocycles. The van der Waals surface area contributed by atoms with Crippen molar-refractivity contribution in [1.29, 1.82) is 0 Å². The second-order valence-electron chi connectivity index (χ2n) is 3.91. The van der Waals surface area contributed by atoms with Crippen LogP contribution in [0.2, 0.25) is 5.02 Å². The quantitative estimate of drug-likeness (QED) is 0.913. The smallest absolute Gasteiger partial charge is 0.142 e. The predicted molar refractivity (Wildman–Crippen MR) is 65.3 cm³/mol. The summed E-state index contributed by atoms with van der Waals surface area (Å²) in [6, 6.07) is 4.30. The number of halogens is 2. The summed E-state index contributed by atoms with van der Waals surface area (Å²) in [5.74, 6) is 0.400. The van der Waals surface area contributed by atoms with Crippen molar-refractivity contribution in [1.82, 2.24) is 9.55 Å². The van der Waals surface area contributed by atoms with E-state index in [0.717, 1.165) is 5.82 Å². The molecule has 1 unspecified atom stereocenters. The van der Waals surface area contributed by atoms with Gasteiger partial charge in [0, 0.05) is 31.9 Å². The number of nitrogens with zero attached hydrogens (tertiary/aromatic N) is 2. The molecular formula is C12H13ClFN3. The minimum atomic E-state index is -0.445. The van der Waals surface area contributed by atoms with Gasteiger partial charge in [-0.15, -0.1) is 0 Å². The van der Waals surface area contributed by atoms with Crippen molar-refractivity contribution in [2.75, 3.05) is 0 Å². The van der Waals surface area contributed by atoms with Gasteiger partial charge in [0.2, 0.25) is 0 Å². The summed E-state index contributed by atoms with van der Waals surface area (Å²) in [7, 11) is 1.89. The van der Waals surface area contributed by atoms with E-state index in [1.165, 1.54) is 6.07 Å². The van der Waals surface area contributed by atoms with Crippen molar-refractivity contribution in [3.8, 4) is 0 Å². The fraction of sp³-hybridized carbons (Fsp3) is 0.250. The van der Waals surface area contributed by atoms with Crippen LogP contribution in [-0.4, -0.2) is 9.55 Å². The summed E-state index contributed by atoms with van der Waals surface area (Å²) in [5.41, 5.74) is 6.63. The van der Waals surface area contributed by atoms with E-state index in [1.807, 2.05) is 17.8 Å².